The van der Waals surface area contributed by atoms with Gasteiger partial charge in [0, 0.05) is 26.7 Å². The van der Waals surface area contributed by atoms with Crippen LogP contribution >= 0.6 is 23.2 Å². The largest absolute Gasteiger partial charge is 0.452 e. The number of hydrogen-bond acceptors (Lipinski definition) is 5. The minimum absolute atomic E-state index is 0.0290. The second-order valence-corrected chi connectivity index (χ2v) is 9.22. The average Bonchev–Trinajstić information content (AvgIpc) is 2.71. The summed E-state index contributed by atoms with van der Waals surface area (Å²) in [6.45, 7) is -0.536. The third-order valence-electron chi connectivity index (χ3n) is 3.91. The van der Waals surface area contributed by atoms with E-state index in [1.165, 1.54) is 26.2 Å². The van der Waals surface area contributed by atoms with E-state index in [-0.39, 0.29) is 11.4 Å². The Morgan fingerprint density at radius 3 is 2.47 bits per heavy atom. The molecule has 0 fully saturated rings. The molecule has 0 aromatic heterocycles. The third-order valence-corrected chi connectivity index (χ3v) is 6.56. The number of ether oxygens (including phenoxy) is 1. The highest BCUT2D eigenvalue weighted by Crippen LogP contribution is 2.23. The highest BCUT2D eigenvalue weighted by atomic mass is 35.5. The van der Waals surface area contributed by atoms with Gasteiger partial charge in [0.05, 0.1) is 14.9 Å². The minimum Gasteiger partial charge on any atom is -0.452 e. The first-order valence-corrected chi connectivity index (χ1v) is 10.9. The van der Waals surface area contributed by atoms with E-state index in [1.54, 1.807) is 36.4 Å². The molecule has 0 bridgehead atoms. The topological polar surface area (TPSA) is 92.8 Å². The molecule has 0 spiro atoms. The van der Waals surface area contributed by atoms with Gasteiger partial charge in [-0.1, -0.05) is 47.5 Å². The van der Waals surface area contributed by atoms with Gasteiger partial charge in [-0.3, -0.25) is 4.79 Å². The zero-order chi connectivity index (χ0) is 22.3. The SMILES string of the molecule is CN(C)S(=O)(=O)c1ccccc1CNC(=O)COC(=O)/C=C/c1ccc(Cl)c(Cl)c1. The fourth-order valence-electron chi connectivity index (χ4n) is 2.31. The molecule has 30 heavy (non-hydrogen) atoms. The number of esters is 1. The van der Waals surface area contributed by atoms with Gasteiger partial charge < -0.3 is 10.1 Å². The Bertz CT molecular complexity index is 1070. The Labute approximate surface area is 185 Å². The van der Waals surface area contributed by atoms with Crippen molar-refractivity contribution in [2.75, 3.05) is 20.7 Å². The summed E-state index contributed by atoms with van der Waals surface area (Å²) in [6.07, 6.45) is 2.64. The maximum Gasteiger partial charge on any atom is 0.331 e. The molecule has 0 saturated carbocycles. The summed E-state index contributed by atoms with van der Waals surface area (Å²) in [7, 11) is -0.798. The Morgan fingerprint density at radius 2 is 1.80 bits per heavy atom. The normalized spacial score (nSPS) is 11.6. The molecule has 0 atom stereocenters. The summed E-state index contributed by atoms with van der Waals surface area (Å²) in [5.41, 5.74) is 1.06. The van der Waals surface area contributed by atoms with Crippen molar-refractivity contribution < 1.29 is 22.7 Å². The molecule has 7 nitrogen and oxygen atoms in total. The van der Waals surface area contributed by atoms with Crippen LogP contribution in [-0.2, 0) is 30.9 Å². The highest BCUT2D eigenvalue weighted by molar-refractivity contribution is 7.89. The van der Waals surface area contributed by atoms with Crippen LogP contribution in [0.3, 0.4) is 0 Å². The van der Waals surface area contributed by atoms with Gasteiger partial charge in [-0.05, 0) is 35.4 Å². The van der Waals surface area contributed by atoms with Crippen LogP contribution in [0.2, 0.25) is 10.0 Å². The smallest absolute Gasteiger partial charge is 0.331 e. The summed E-state index contributed by atoms with van der Waals surface area (Å²) in [6, 6.07) is 11.2. The number of carbonyl (C=O) groups excluding carboxylic acids is 2. The molecular formula is C20H20Cl2N2O5S. The predicted octanol–water partition coefficient (Wildman–Crippen LogP) is 3.12. The number of sulfonamides is 1. The molecule has 160 valence electrons. The van der Waals surface area contributed by atoms with Crippen molar-refractivity contribution in [3.63, 3.8) is 0 Å². The van der Waals surface area contributed by atoms with Crippen LogP contribution in [0.1, 0.15) is 11.1 Å². The molecule has 0 radical (unpaired) electrons. The molecule has 10 heteroatoms. The summed E-state index contributed by atoms with van der Waals surface area (Å²) in [4.78, 5) is 23.8. The van der Waals surface area contributed by atoms with Crippen LogP contribution in [0, 0.1) is 0 Å². The molecule has 2 aromatic carbocycles. The van der Waals surface area contributed by atoms with Gasteiger partial charge in [-0.2, -0.15) is 0 Å². The molecule has 0 unspecified atom stereocenters. The van der Waals surface area contributed by atoms with E-state index >= 15 is 0 Å². The monoisotopic (exact) mass is 470 g/mol. The maximum absolute atomic E-state index is 12.4. The molecule has 2 aromatic rings. The Morgan fingerprint density at radius 1 is 1.10 bits per heavy atom. The van der Waals surface area contributed by atoms with E-state index < -0.39 is 28.5 Å². The number of benzene rings is 2. The first kappa shape index (κ1) is 23.9. The maximum atomic E-state index is 12.4. The second kappa shape index (κ2) is 10.6. The van der Waals surface area contributed by atoms with Crippen molar-refractivity contribution in [1.29, 1.82) is 0 Å². The highest BCUT2D eigenvalue weighted by Gasteiger charge is 2.20. The zero-order valence-electron chi connectivity index (χ0n) is 16.3. The quantitative estimate of drug-likeness (QED) is 0.472. The molecule has 0 saturated heterocycles. The van der Waals surface area contributed by atoms with E-state index in [0.29, 0.717) is 21.2 Å². The van der Waals surface area contributed by atoms with Crippen molar-refractivity contribution in [3.8, 4) is 0 Å². The van der Waals surface area contributed by atoms with Crippen molar-refractivity contribution in [2.45, 2.75) is 11.4 Å². The number of halogens is 2. The summed E-state index contributed by atoms with van der Waals surface area (Å²) >= 11 is 11.7. The Kier molecular flexibility index (Phi) is 8.43. The van der Waals surface area contributed by atoms with Crippen LogP contribution < -0.4 is 5.32 Å². The van der Waals surface area contributed by atoms with Gasteiger partial charge in [0.2, 0.25) is 10.0 Å². The van der Waals surface area contributed by atoms with E-state index in [2.05, 4.69) is 5.32 Å². The molecule has 0 aliphatic rings. The number of amides is 1. The van der Waals surface area contributed by atoms with Crippen LogP contribution in [0.5, 0.6) is 0 Å². The summed E-state index contributed by atoms with van der Waals surface area (Å²) in [5, 5.41) is 3.28. The van der Waals surface area contributed by atoms with E-state index in [0.717, 1.165) is 10.4 Å². The van der Waals surface area contributed by atoms with Gasteiger partial charge in [0.25, 0.3) is 5.91 Å². The number of rotatable bonds is 8. The fraction of sp³-hybridized carbons (Fsp3) is 0.200. The molecule has 2 rings (SSSR count). The predicted molar refractivity (Wildman–Crippen MR) is 116 cm³/mol. The van der Waals surface area contributed by atoms with E-state index in [4.69, 9.17) is 27.9 Å². The van der Waals surface area contributed by atoms with Gasteiger partial charge >= 0.3 is 5.97 Å². The minimum atomic E-state index is -3.65. The van der Waals surface area contributed by atoms with Crippen molar-refractivity contribution in [2.24, 2.45) is 0 Å². The summed E-state index contributed by atoms with van der Waals surface area (Å²) in [5.74, 6) is -1.28. The van der Waals surface area contributed by atoms with E-state index in [9.17, 15) is 18.0 Å². The average molecular weight is 471 g/mol. The lowest BCUT2D eigenvalue weighted by Gasteiger charge is -2.15. The van der Waals surface area contributed by atoms with Gasteiger partial charge in [0.15, 0.2) is 6.61 Å². The van der Waals surface area contributed by atoms with Crippen LogP contribution in [0.15, 0.2) is 53.4 Å². The van der Waals surface area contributed by atoms with Crippen LogP contribution in [0.25, 0.3) is 6.08 Å². The summed E-state index contributed by atoms with van der Waals surface area (Å²) < 4.78 is 30.7. The lowest BCUT2D eigenvalue weighted by molar-refractivity contribution is -0.143. The second-order valence-electron chi connectivity index (χ2n) is 6.29. The molecule has 0 aliphatic heterocycles. The van der Waals surface area contributed by atoms with Gasteiger partial charge in [-0.15, -0.1) is 0 Å². The van der Waals surface area contributed by atoms with E-state index in [1.807, 2.05) is 0 Å². The third kappa shape index (κ3) is 6.56. The Balaban J connectivity index is 1.89. The number of carbonyl (C=O) groups is 2. The standard InChI is InChI=1S/C20H20Cl2N2O5S/c1-24(2)30(27,28)18-6-4-3-5-15(18)12-23-19(25)13-29-20(26)10-8-14-7-9-16(21)17(22)11-14/h3-11H,12-13H2,1-2H3,(H,23,25)/b10-8+. The lowest BCUT2D eigenvalue weighted by Crippen LogP contribution is -2.29. The number of nitrogens with zero attached hydrogens (tertiary/aromatic N) is 1. The van der Waals surface area contributed by atoms with Crippen LogP contribution in [-0.4, -0.2) is 45.3 Å². The van der Waals surface area contributed by atoms with Crippen molar-refractivity contribution >= 4 is 51.2 Å². The molecular weight excluding hydrogens is 451 g/mol. The molecule has 0 aliphatic carbocycles. The van der Waals surface area contributed by atoms with Crippen molar-refractivity contribution in [3.05, 3.63) is 69.7 Å². The van der Waals surface area contributed by atoms with Gasteiger partial charge in [0.1, 0.15) is 0 Å². The molecule has 0 heterocycles. The fourth-order valence-corrected chi connectivity index (χ4v) is 3.73. The molecule has 1 N–H and O–H groups in total. The van der Waals surface area contributed by atoms with Gasteiger partial charge in [-0.25, -0.2) is 17.5 Å². The lowest BCUT2D eigenvalue weighted by atomic mass is 10.2. The molecule has 1 amide bonds. The van der Waals surface area contributed by atoms with Crippen LogP contribution in [0.4, 0.5) is 0 Å². The number of hydrogen-bond donors (Lipinski definition) is 1. The first-order valence-electron chi connectivity index (χ1n) is 8.68. The number of nitrogens with one attached hydrogen (secondary N) is 1. The van der Waals surface area contributed by atoms with Crippen molar-refractivity contribution in [1.82, 2.24) is 9.62 Å². The Hall–Kier alpha value is -2.39. The zero-order valence-corrected chi connectivity index (χ0v) is 18.6. The first-order chi connectivity index (χ1) is 14.1.